The van der Waals surface area contributed by atoms with Crippen molar-refractivity contribution in [1.82, 2.24) is 14.7 Å². The number of carboxylic acids is 1. The molecule has 0 unspecified atom stereocenters. The summed E-state index contributed by atoms with van der Waals surface area (Å²) in [7, 11) is 0. The van der Waals surface area contributed by atoms with Gasteiger partial charge in [0.25, 0.3) is 5.91 Å². The van der Waals surface area contributed by atoms with Crippen molar-refractivity contribution in [2.75, 3.05) is 13.1 Å². The van der Waals surface area contributed by atoms with Gasteiger partial charge in [-0.3, -0.25) is 9.59 Å². The molecule has 3 rings (SSSR count). The van der Waals surface area contributed by atoms with E-state index in [2.05, 4.69) is 5.10 Å². The van der Waals surface area contributed by atoms with E-state index < -0.39 is 5.97 Å². The number of carboxylic acid groups (broad SMARTS) is 1. The number of piperidine rings is 1. The Kier molecular flexibility index (Phi) is 4.33. The third-order valence-electron chi connectivity index (χ3n) is 4.32. The summed E-state index contributed by atoms with van der Waals surface area (Å²) in [6, 6.07) is 5.86. The monoisotopic (exact) mass is 331 g/mol. The van der Waals surface area contributed by atoms with E-state index in [9.17, 15) is 14.0 Å². The molecule has 0 bridgehead atoms. The predicted octanol–water partition coefficient (Wildman–Crippen LogP) is 2.26. The molecule has 1 N–H and O–H groups in total. The van der Waals surface area contributed by atoms with Crippen LogP contribution in [0.2, 0.25) is 0 Å². The van der Waals surface area contributed by atoms with Gasteiger partial charge >= 0.3 is 5.97 Å². The smallest absolute Gasteiger partial charge is 0.306 e. The fourth-order valence-corrected chi connectivity index (χ4v) is 2.88. The molecule has 0 atom stereocenters. The Morgan fingerprint density at radius 3 is 2.42 bits per heavy atom. The zero-order chi connectivity index (χ0) is 17.3. The number of nitrogens with zero attached hydrogens (tertiary/aromatic N) is 3. The van der Waals surface area contributed by atoms with E-state index in [0.29, 0.717) is 37.3 Å². The summed E-state index contributed by atoms with van der Waals surface area (Å²) in [6.45, 7) is 2.63. The van der Waals surface area contributed by atoms with Crippen LogP contribution in [-0.4, -0.2) is 44.8 Å². The molecule has 6 nitrogen and oxygen atoms in total. The minimum atomic E-state index is -0.807. The molecule has 1 aliphatic rings. The quantitative estimate of drug-likeness (QED) is 0.936. The minimum Gasteiger partial charge on any atom is -0.481 e. The lowest BCUT2D eigenvalue weighted by atomic mass is 9.97. The molecule has 0 radical (unpaired) electrons. The van der Waals surface area contributed by atoms with E-state index in [1.54, 1.807) is 34.8 Å². The van der Waals surface area contributed by atoms with E-state index in [1.807, 2.05) is 0 Å². The van der Waals surface area contributed by atoms with Gasteiger partial charge in [-0.15, -0.1) is 0 Å². The molecule has 1 aromatic carbocycles. The van der Waals surface area contributed by atoms with Gasteiger partial charge in [0.2, 0.25) is 0 Å². The van der Waals surface area contributed by atoms with Gasteiger partial charge in [-0.05, 0) is 44.0 Å². The highest BCUT2D eigenvalue weighted by molar-refractivity contribution is 5.93. The van der Waals surface area contributed by atoms with Crippen LogP contribution in [0.3, 0.4) is 0 Å². The fraction of sp³-hybridized carbons (Fsp3) is 0.353. The SMILES string of the molecule is Cc1cn(-c2ccc(F)cc2)nc1C(=O)N1CCC(C(=O)O)CC1. The van der Waals surface area contributed by atoms with Gasteiger partial charge in [0.05, 0.1) is 11.6 Å². The van der Waals surface area contributed by atoms with E-state index in [0.717, 1.165) is 5.56 Å². The first kappa shape index (κ1) is 16.2. The van der Waals surface area contributed by atoms with Crippen LogP contribution in [0.4, 0.5) is 4.39 Å². The van der Waals surface area contributed by atoms with Crippen LogP contribution in [0.1, 0.15) is 28.9 Å². The van der Waals surface area contributed by atoms with E-state index in [4.69, 9.17) is 5.11 Å². The average molecular weight is 331 g/mol. The van der Waals surface area contributed by atoms with Crippen molar-refractivity contribution in [3.8, 4) is 5.69 Å². The number of aromatic nitrogens is 2. The molecule has 7 heteroatoms. The Hall–Kier alpha value is -2.70. The zero-order valence-corrected chi connectivity index (χ0v) is 13.3. The molecule has 0 spiro atoms. The van der Waals surface area contributed by atoms with Crippen molar-refractivity contribution >= 4 is 11.9 Å². The molecule has 1 aromatic heterocycles. The first-order valence-corrected chi connectivity index (χ1v) is 7.80. The Bertz CT molecular complexity index is 762. The third kappa shape index (κ3) is 3.15. The molecule has 0 aliphatic carbocycles. The lowest BCUT2D eigenvalue weighted by Gasteiger charge is -2.29. The topological polar surface area (TPSA) is 75.4 Å². The second kappa shape index (κ2) is 6.43. The van der Waals surface area contributed by atoms with Crippen LogP contribution in [0, 0.1) is 18.7 Å². The zero-order valence-electron chi connectivity index (χ0n) is 13.3. The summed E-state index contributed by atoms with van der Waals surface area (Å²) < 4.78 is 14.6. The van der Waals surface area contributed by atoms with Gasteiger partial charge in [0.1, 0.15) is 5.82 Å². The van der Waals surface area contributed by atoms with Gasteiger partial charge in [0, 0.05) is 24.8 Å². The van der Waals surface area contributed by atoms with Crippen LogP contribution >= 0.6 is 0 Å². The summed E-state index contributed by atoms with van der Waals surface area (Å²) in [4.78, 5) is 25.3. The molecule has 2 aromatic rings. The molecular weight excluding hydrogens is 313 g/mol. The normalized spacial score (nSPS) is 15.5. The van der Waals surface area contributed by atoms with Crippen molar-refractivity contribution in [3.63, 3.8) is 0 Å². The minimum absolute atomic E-state index is 0.197. The number of aryl methyl sites for hydroxylation is 1. The van der Waals surface area contributed by atoms with Crippen LogP contribution in [0.5, 0.6) is 0 Å². The van der Waals surface area contributed by atoms with Crippen molar-refractivity contribution in [2.45, 2.75) is 19.8 Å². The average Bonchev–Trinajstić information content (AvgIpc) is 2.96. The largest absolute Gasteiger partial charge is 0.481 e. The number of hydrogen-bond donors (Lipinski definition) is 1. The van der Waals surface area contributed by atoms with Crippen molar-refractivity contribution in [1.29, 1.82) is 0 Å². The second-order valence-corrected chi connectivity index (χ2v) is 5.99. The summed E-state index contributed by atoms with van der Waals surface area (Å²) in [5, 5.41) is 13.4. The molecule has 0 saturated carbocycles. The molecule has 2 heterocycles. The van der Waals surface area contributed by atoms with Gasteiger partial charge < -0.3 is 10.0 Å². The second-order valence-electron chi connectivity index (χ2n) is 5.99. The highest BCUT2D eigenvalue weighted by Crippen LogP contribution is 2.20. The Balaban J connectivity index is 1.76. The number of benzene rings is 1. The van der Waals surface area contributed by atoms with Crippen molar-refractivity contribution < 1.29 is 19.1 Å². The number of carbonyl (C=O) groups excluding carboxylic acids is 1. The van der Waals surface area contributed by atoms with E-state index in [1.165, 1.54) is 12.1 Å². The van der Waals surface area contributed by atoms with Crippen LogP contribution in [0.15, 0.2) is 30.5 Å². The highest BCUT2D eigenvalue weighted by atomic mass is 19.1. The lowest BCUT2D eigenvalue weighted by molar-refractivity contribution is -0.143. The lowest BCUT2D eigenvalue weighted by Crippen LogP contribution is -2.40. The number of aliphatic carboxylic acids is 1. The number of halogens is 1. The van der Waals surface area contributed by atoms with Gasteiger partial charge in [-0.25, -0.2) is 9.07 Å². The first-order valence-electron chi connectivity index (χ1n) is 7.80. The predicted molar refractivity (Wildman–Crippen MR) is 84.5 cm³/mol. The standard InChI is InChI=1S/C17H18FN3O3/c1-11-10-21(14-4-2-13(18)3-5-14)19-15(11)16(22)20-8-6-12(7-9-20)17(23)24/h2-5,10,12H,6-9H2,1H3,(H,23,24). The Morgan fingerprint density at radius 2 is 1.83 bits per heavy atom. The van der Waals surface area contributed by atoms with Crippen LogP contribution in [0.25, 0.3) is 5.69 Å². The number of amides is 1. The number of rotatable bonds is 3. The summed E-state index contributed by atoms with van der Waals surface area (Å²) >= 11 is 0. The van der Waals surface area contributed by atoms with Gasteiger partial charge in [-0.2, -0.15) is 5.10 Å². The Labute approximate surface area is 138 Å². The maximum Gasteiger partial charge on any atom is 0.306 e. The van der Waals surface area contributed by atoms with E-state index in [-0.39, 0.29) is 17.6 Å². The number of hydrogen-bond acceptors (Lipinski definition) is 3. The first-order chi connectivity index (χ1) is 11.5. The summed E-state index contributed by atoms with van der Waals surface area (Å²) in [5.41, 5.74) is 1.74. The number of likely N-dealkylation sites (tertiary alicyclic amines) is 1. The van der Waals surface area contributed by atoms with Crippen molar-refractivity contribution in [2.24, 2.45) is 5.92 Å². The molecular formula is C17H18FN3O3. The molecule has 126 valence electrons. The molecule has 24 heavy (non-hydrogen) atoms. The summed E-state index contributed by atoms with van der Waals surface area (Å²) in [5.74, 6) is -1.72. The van der Waals surface area contributed by atoms with Crippen LogP contribution in [-0.2, 0) is 4.79 Å². The highest BCUT2D eigenvalue weighted by Gasteiger charge is 2.29. The Morgan fingerprint density at radius 1 is 1.21 bits per heavy atom. The third-order valence-corrected chi connectivity index (χ3v) is 4.32. The van der Waals surface area contributed by atoms with Crippen molar-refractivity contribution in [3.05, 3.63) is 47.5 Å². The van der Waals surface area contributed by atoms with E-state index >= 15 is 0 Å². The fourth-order valence-electron chi connectivity index (χ4n) is 2.88. The molecule has 1 amide bonds. The van der Waals surface area contributed by atoms with Crippen LogP contribution < -0.4 is 0 Å². The molecule has 1 fully saturated rings. The number of carbonyl (C=O) groups is 2. The van der Waals surface area contributed by atoms with Gasteiger partial charge in [0.15, 0.2) is 5.69 Å². The molecule has 1 aliphatic heterocycles. The maximum absolute atomic E-state index is 13.0. The van der Waals surface area contributed by atoms with Gasteiger partial charge in [-0.1, -0.05) is 0 Å². The molecule has 1 saturated heterocycles. The maximum atomic E-state index is 13.0. The summed E-state index contributed by atoms with van der Waals surface area (Å²) in [6.07, 6.45) is 2.64.